The van der Waals surface area contributed by atoms with E-state index in [2.05, 4.69) is 0 Å². The van der Waals surface area contributed by atoms with E-state index in [0.717, 1.165) is 23.1 Å². The summed E-state index contributed by atoms with van der Waals surface area (Å²) in [5.41, 5.74) is 3.09. The molecule has 0 aliphatic heterocycles. The SMILES string of the molecule is C/C=C\c1c(C)cccc1C(=O)CCC. The van der Waals surface area contributed by atoms with E-state index in [4.69, 9.17) is 0 Å². The third kappa shape index (κ3) is 2.79. The van der Waals surface area contributed by atoms with Gasteiger partial charge in [-0.25, -0.2) is 0 Å². The van der Waals surface area contributed by atoms with Gasteiger partial charge < -0.3 is 0 Å². The number of carbonyl (C=O) groups excluding carboxylic acids is 1. The van der Waals surface area contributed by atoms with E-state index in [0.29, 0.717) is 6.42 Å². The Morgan fingerprint density at radius 1 is 1.40 bits per heavy atom. The number of Topliss-reactive ketones (excluding diaryl/α,β-unsaturated/α-hetero) is 1. The highest BCUT2D eigenvalue weighted by atomic mass is 16.1. The lowest BCUT2D eigenvalue weighted by atomic mass is 9.96. The van der Waals surface area contributed by atoms with Gasteiger partial charge in [-0.3, -0.25) is 4.79 Å². The molecule has 0 aromatic heterocycles. The highest BCUT2D eigenvalue weighted by molar-refractivity contribution is 5.99. The van der Waals surface area contributed by atoms with Crippen molar-refractivity contribution in [1.82, 2.24) is 0 Å². The molecule has 0 spiro atoms. The molecular weight excluding hydrogens is 184 g/mol. The number of rotatable bonds is 4. The molecule has 0 N–H and O–H groups in total. The zero-order valence-corrected chi connectivity index (χ0v) is 9.71. The predicted octanol–water partition coefficient (Wildman–Crippen LogP) is 4.01. The maximum absolute atomic E-state index is 11.9. The third-order valence-electron chi connectivity index (χ3n) is 2.43. The van der Waals surface area contributed by atoms with Crippen LogP contribution < -0.4 is 0 Å². The first-order valence-electron chi connectivity index (χ1n) is 5.46. The minimum absolute atomic E-state index is 0.245. The fourth-order valence-electron chi connectivity index (χ4n) is 1.67. The number of hydrogen-bond acceptors (Lipinski definition) is 1. The predicted molar refractivity (Wildman–Crippen MR) is 65.1 cm³/mol. The Morgan fingerprint density at radius 3 is 2.73 bits per heavy atom. The summed E-state index contributed by atoms with van der Waals surface area (Å²) in [5.74, 6) is 0.245. The molecule has 0 aliphatic carbocycles. The smallest absolute Gasteiger partial charge is 0.163 e. The van der Waals surface area contributed by atoms with Crippen molar-refractivity contribution >= 4 is 11.9 Å². The summed E-state index contributed by atoms with van der Waals surface area (Å²) in [6, 6.07) is 5.91. The van der Waals surface area contributed by atoms with Crippen LogP contribution in [0.3, 0.4) is 0 Å². The molecule has 0 atom stereocenters. The van der Waals surface area contributed by atoms with Crippen molar-refractivity contribution in [2.75, 3.05) is 0 Å². The van der Waals surface area contributed by atoms with E-state index in [1.807, 2.05) is 51.1 Å². The average Bonchev–Trinajstić information content (AvgIpc) is 2.21. The van der Waals surface area contributed by atoms with Gasteiger partial charge in [-0.1, -0.05) is 37.3 Å². The molecule has 0 unspecified atom stereocenters. The van der Waals surface area contributed by atoms with Crippen molar-refractivity contribution in [2.24, 2.45) is 0 Å². The van der Waals surface area contributed by atoms with E-state index in [-0.39, 0.29) is 5.78 Å². The topological polar surface area (TPSA) is 17.1 Å². The Labute approximate surface area is 91.8 Å². The molecule has 0 amide bonds. The van der Waals surface area contributed by atoms with E-state index >= 15 is 0 Å². The second-order valence-electron chi connectivity index (χ2n) is 3.71. The molecule has 0 saturated carbocycles. The standard InChI is InChI=1S/C14H18O/c1-4-7-12-11(3)9-6-10-13(12)14(15)8-5-2/h4,6-7,9-10H,5,8H2,1-3H3/b7-4-. The first kappa shape index (κ1) is 11.7. The van der Waals surface area contributed by atoms with E-state index < -0.39 is 0 Å². The molecule has 0 saturated heterocycles. The lowest BCUT2D eigenvalue weighted by Gasteiger charge is -2.07. The van der Waals surface area contributed by atoms with Crippen molar-refractivity contribution in [3.63, 3.8) is 0 Å². The van der Waals surface area contributed by atoms with Crippen LogP contribution in [0.1, 0.15) is 48.2 Å². The average molecular weight is 202 g/mol. The quantitative estimate of drug-likeness (QED) is 0.674. The van der Waals surface area contributed by atoms with Gasteiger partial charge in [-0.2, -0.15) is 0 Å². The molecule has 1 nitrogen and oxygen atoms in total. The van der Waals surface area contributed by atoms with Gasteiger partial charge in [0.1, 0.15) is 0 Å². The van der Waals surface area contributed by atoms with Crippen molar-refractivity contribution in [3.8, 4) is 0 Å². The van der Waals surface area contributed by atoms with Crippen LogP contribution in [0.15, 0.2) is 24.3 Å². The Kier molecular flexibility index (Phi) is 4.29. The van der Waals surface area contributed by atoms with Crippen LogP contribution in [-0.4, -0.2) is 5.78 Å². The number of hydrogen-bond donors (Lipinski definition) is 0. The van der Waals surface area contributed by atoms with Gasteiger partial charge in [0.25, 0.3) is 0 Å². The first-order chi connectivity index (χ1) is 7.20. The van der Waals surface area contributed by atoms with Crippen LogP contribution in [0.25, 0.3) is 6.08 Å². The second-order valence-corrected chi connectivity index (χ2v) is 3.71. The molecular formula is C14H18O. The Bertz CT molecular complexity index is 375. The summed E-state index contributed by atoms with van der Waals surface area (Å²) in [5, 5.41) is 0. The Hall–Kier alpha value is -1.37. The van der Waals surface area contributed by atoms with Crippen LogP contribution in [0.5, 0.6) is 0 Å². The summed E-state index contributed by atoms with van der Waals surface area (Å²) in [6.07, 6.45) is 5.53. The highest BCUT2D eigenvalue weighted by Gasteiger charge is 2.09. The number of ketones is 1. The number of aryl methyl sites for hydroxylation is 1. The van der Waals surface area contributed by atoms with Crippen molar-refractivity contribution in [1.29, 1.82) is 0 Å². The number of allylic oxidation sites excluding steroid dienone is 1. The van der Waals surface area contributed by atoms with Crippen LogP contribution in [-0.2, 0) is 0 Å². The summed E-state index contributed by atoms with van der Waals surface area (Å²) in [4.78, 5) is 11.9. The van der Waals surface area contributed by atoms with E-state index in [9.17, 15) is 4.79 Å². The second kappa shape index (κ2) is 5.50. The van der Waals surface area contributed by atoms with Gasteiger partial charge in [0.05, 0.1) is 0 Å². The van der Waals surface area contributed by atoms with Crippen molar-refractivity contribution < 1.29 is 4.79 Å². The largest absolute Gasteiger partial charge is 0.294 e. The van der Waals surface area contributed by atoms with Gasteiger partial charge in [0.2, 0.25) is 0 Å². The molecule has 1 aromatic rings. The summed E-state index contributed by atoms with van der Waals surface area (Å²) in [6.45, 7) is 6.04. The normalized spacial score (nSPS) is 10.9. The van der Waals surface area contributed by atoms with Crippen molar-refractivity contribution in [3.05, 3.63) is 41.0 Å². The molecule has 1 aromatic carbocycles. The van der Waals surface area contributed by atoms with Crippen LogP contribution >= 0.6 is 0 Å². The third-order valence-corrected chi connectivity index (χ3v) is 2.43. The monoisotopic (exact) mass is 202 g/mol. The molecule has 0 heterocycles. The van der Waals surface area contributed by atoms with E-state index in [1.54, 1.807) is 0 Å². The fraction of sp³-hybridized carbons (Fsp3) is 0.357. The Balaban J connectivity index is 3.16. The molecule has 0 fully saturated rings. The van der Waals surface area contributed by atoms with Crippen LogP contribution in [0.4, 0.5) is 0 Å². The zero-order valence-electron chi connectivity index (χ0n) is 9.71. The lowest BCUT2D eigenvalue weighted by molar-refractivity contribution is 0.0981. The number of benzene rings is 1. The van der Waals surface area contributed by atoms with Gasteiger partial charge in [0, 0.05) is 12.0 Å². The minimum Gasteiger partial charge on any atom is -0.294 e. The van der Waals surface area contributed by atoms with Gasteiger partial charge in [-0.05, 0) is 31.4 Å². The molecule has 1 heteroatoms. The van der Waals surface area contributed by atoms with Crippen LogP contribution in [0.2, 0.25) is 0 Å². The molecule has 80 valence electrons. The first-order valence-corrected chi connectivity index (χ1v) is 5.46. The molecule has 1 rings (SSSR count). The molecule has 0 aliphatic rings. The summed E-state index contributed by atoms with van der Waals surface area (Å²) >= 11 is 0. The van der Waals surface area contributed by atoms with Gasteiger partial charge in [-0.15, -0.1) is 0 Å². The van der Waals surface area contributed by atoms with Gasteiger partial charge in [0.15, 0.2) is 5.78 Å². The molecule has 0 radical (unpaired) electrons. The van der Waals surface area contributed by atoms with Crippen molar-refractivity contribution in [2.45, 2.75) is 33.6 Å². The summed E-state index contributed by atoms with van der Waals surface area (Å²) in [7, 11) is 0. The van der Waals surface area contributed by atoms with E-state index in [1.165, 1.54) is 0 Å². The minimum atomic E-state index is 0.245. The Morgan fingerprint density at radius 2 is 2.13 bits per heavy atom. The lowest BCUT2D eigenvalue weighted by Crippen LogP contribution is -2.02. The highest BCUT2D eigenvalue weighted by Crippen LogP contribution is 2.18. The number of carbonyl (C=O) groups is 1. The summed E-state index contributed by atoms with van der Waals surface area (Å²) < 4.78 is 0. The van der Waals surface area contributed by atoms with Gasteiger partial charge >= 0.3 is 0 Å². The zero-order chi connectivity index (χ0) is 11.3. The van der Waals surface area contributed by atoms with Crippen LogP contribution in [0, 0.1) is 6.92 Å². The maximum Gasteiger partial charge on any atom is 0.163 e. The molecule has 0 bridgehead atoms. The fourth-order valence-corrected chi connectivity index (χ4v) is 1.67. The molecule has 15 heavy (non-hydrogen) atoms. The maximum atomic E-state index is 11.9.